The van der Waals surface area contributed by atoms with Gasteiger partial charge >= 0.3 is 0 Å². The summed E-state index contributed by atoms with van der Waals surface area (Å²) in [7, 11) is 1.60. The van der Waals surface area contributed by atoms with Crippen molar-refractivity contribution in [1.29, 1.82) is 0 Å². The van der Waals surface area contributed by atoms with Crippen LogP contribution in [0.4, 0.5) is 4.39 Å². The van der Waals surface area contributed by atoms with Gasteiger partial charge in [-0.2, -0.15) is 11.3 Å². The van der Waals surface area contributed by atoms with Crippen LogP contribution in [0, 0.1) is 5.82 Å². The first-order chi connectivity index (χ1) is 11.2. The van der Waals surface area contributed by atoms with Crippen molar-refractivity contribution in [2.24, 2.45) is 0 Å². The van der Waals surface area contributed by atoms with Gasteiger partial charge in [0, 0.05) is 5.38 Å². The molecule has 1 aliphatic rings. The van der Waals surface area contributed by atoms with Gasteiger partial charge in [0.2, 0.25) is 0 Å². The fourth-order valence-electron chi connectivity index (χ4n) is 2.93. The molecule has 122 valence electrons. The van der Waals surface area contributed by atoms with Crippen LogP contribution in [0.1, 0.15) is 15.9 Å². The lowest BCUT2D eigenvalue weighted by molar-refractivity contribution is -0.917. The lowest BCUT2D eigenvalue weighted by Gasteiger charge is -2.32. The van der Waals surface area contributed by atoms with E-state index in [1.54, 1.807) is 13.2 Å². The van der Waals surface area contributed by atoms with Crippen LogP contribution in [-0.2, 0) is 6.54 Å². The predicted molar refractivity (Wildman–Crippen MR) is 87.6 cm³/mol. The van der Waals surface area contributed by atoms with E-state index in [0.717, 1.165) is 43.1 Å². The minimum atomic E-state index is -0.244. The Kier molecular flexibility index (Phi) is 4.93. The molecule has 0 atom stereocenters. The number of ether oxygens (including phenoxy) is 1. The summed E-state index contributed by atoms with van der Waals surface area (Å²) in [5.74, 6) is 0.579. The van der Waals surface area contributed by atoms with E-state index in [1.165, 1.54) is 28.4 Å². The molecule has 1 aromatic carbocycles. The number of carbonyl (C=O) groups is 1. The summed E-state index contributed by atoms with van der Waals surface area (Å²) in [6.45, 7) is 3.87. The van der Waals surface area contributed by atoms with Gasteiger partial charge in [0.25, 0.3) is 5.91 Å². The number of amides is 1. The summed E-state index contributed by atoms with van der Waals surface area (Å²) in [4.78, 5) is 15.6. The molecule has 1 aromatic heterocycles. The molecule has 2 heterocycles. The third-order valence-electron chi connectivity index (χ3n) is 4.21. The number of halogens is 1. The Bertz CT molecular complexity index is 667. The highest BCUT2D eigenvalue weighted by Gasteiger charge is 2.25. The molecule has 1 amide bonds. The maximum absolute atomic E-state index is 13.4. The van der Waals surface area contributed by atoms with Gasteiger partial charge in [-0.3, -0.25) is 4.79 Å². The fourth-order valence-corrected chi connectivity index (χ4v) is 3.56. The Balaban J connectivity index is 1.59. The number of hydrogen-bond acceptors (Lipinski definition) is 3. The van der Waals surface area contributed by atoms with Crippen molar-refractivity contribution in [1.82, 2.24) is 4.90 Å². The maximum atomic E-state index is 13.4. The number of quaternary nitrogens is 1. The number of nitrogens with one attached hydrogen (secondary N) is 1. The van der Waals surface area contributed by atoms with Gasteiger partial charge in [-0.05, 0) is 29.6 Å². The number of carbonyl (C=O) groups excluding carboxylic acids is 1. The van der Waals surface area contributed by atoms with E-state index in [9.17, 15) is 9.18 Å². The number of rotatable bonds is 4. The molecule has 23 heavy (non-hydrogen) atoms. The zero-order valence-corrected chi connectivity index (χ0v) is 13.9. The summed E-state index contributed by atoms with van der Waals surface area (Å²) in [5.41, 5.74) is 1.64. The van der Waals surface area contributed by atoms with E-state index < -0.39 is 0 Å². The topological polar surface area (TPSA) is 34.0 Å². The molecule has 3 rings (SSSR count). The molecule has 1 N–H and O–H groups in total. The van der Waals surface area contributed by atoms with Gasteiger partial charge in [0.1, 0.15) is 18.1 Å². The Morgan fingerprint density at radius 1 is 1.35 bits per heavy atom. The van der Waals surface area contributed by atoms with Crippen molar-refractivity contribution in [3.63, 3.8) is 0 Å². The zero-order valence-electron chi connectivity index (χ0n) is 13.0. The van der Waals surface area contributed by atoms with E-state index in [-0.39, 0.29) is 11.7 Å². The summed E-state index contributed by atoms with van der Waals surface area (Å²) in [6.07, 6.45) is 0. The normalized spacial score (nSPS) is 15.7. The summed E-state index contributed by atoms with van der Waals surface area (Å²) >= 11 is 1.54. The Labute approximate surface area is 139 Å². The first-order valence-electron chi connectivity index (χ1n) is 7.65. The van der Waals surface area contributed by atoms with Crippen LogP contribution in [-0.4, -0.2) is 44.1 Å². The monoisotopic (exact) mass is 335 g/mol. The van der Waals surface area contributed by atoms with Gasteiger partial charge in [0.15, 0.2) is 0 Å². The number of thiophene rings is 1. The fraction of sp³-hybridized carbons (Fsp3) is 0.353. The van der Waals surface area contributed by atoms with Crippen molar-refractivity contribution < 1.29 is 18.8 Å². The molecule has 0 aliphatic carbocycles. The minimum absolute atomic E-state index is 0.105. The molecule has 0 saturated carbocycles. The third kappa shape index (κ3) is 3.71. The summed E-state index contributed by atoms with van der Waals surface area (Å²) in [5, 5.41) is 3.81. The van der Waals surface area contributed by atoms with E-state index in [1.807, 2.05) is 21.7 Å². The van der Waals surface area contributed by atoms with Gasteiger partial charge in [0.05, 0.1) is 44.4 Å². The first kappa shape index (κ1) is 16.0. The van der Waals surface area contributed by atoms with E-state index in [2.05, 4.69) is 0 Å². The highest BCUT2D eigenvalue weighted by molar-refractivity contribution is 7.08. The molecule has 0 radical (unpaired) electrons. The van der Waals surface area contributed by atoms with Gasteiger partial charge in [-0.1, -0.05) is 0 Å². The number of methoxy groups -OCH3 is 1. The van der Waals surface area contributed by atoms with Crippen LogP contribution in [0.2, 0.25) is 0 Å². The first-order valence-corrected chi connectivity index (χ1v) is 8.59. The highest BCUT2D eigenvalue weighted by atomic mass is 32.1. The molecule has 0 unspecified atom stereocenters. The van der Waals surface area contributed by atoms with Crippen LogP contribution in [0.25, 0.3) is 0 Å². The maximum Gasteiger partial charge on any atom is 0.255 e. The van der Waals surface area contributed by atoms with Crippen LogP contribution < -0.4 is 9.64 Å². The minimum Gasteiger partial charge on any atom is -0.496 e. The van der Waals surface area contributed by atoms with Crippen LogP contribution >= 0.6 is 11.3 Å². The lowest BCUT2D eigenvalue weighted by Crippen LogP contribution is -3.13. The van der Waals surface area contributed by atoms with Gasteiger partial charge in [-0.25, -0.2) is 4.39 Å². The van der Waals surface area contributed by atoms with Crippen molar-refractivity contribution in [3.05, 3.63) is 52.0 Å². The molecule has 1 aliphatic heterocycles. The lowest BCUT2D eigenvalue weighted by atomic mass is 10.1. The summed E-state index contributed by atoms with van der Waals surface area (Å²) in [6, 6.07) is 6.48. The molecule has 6 heteroatoms. The second-order valence-electron chi connectivity index (χ2n) is 5.69. The largest absolute Gasteiger partial charge is 0.496 e. The number of nitrogens with zero attached hydrogens (tertiary/aromatic N) is 1. The standard InChI is InChI=1S/C17H19FN2O2S/c1-22-16-3-2-15(18)10-14(16)11-19-5-7-20(8-6-19)17(21)13-4-9-23-12-13/h2-4,9-10,12H,5-8,11H2,1H3/p+1. The van der Waals surface area contributed by atoms with Crippen molar-refractivity contribution in [2.75, 3.05) is 33.3 Å². The van der Waals surface area contributed by atoms with Crippen LogP contribution in [0.3, 0.4) is 0 Å². The molecular weight excluding hydrogens is 315 g/mol. The average Bonchev–Trinajstić information content (AvgIpc) is 3.10. The van der Waals surface area contributed by atoms with E-state index in [4.69, 9.17) is 4.74 Å². The Morgan fingerprint density at radius 3 is 2.78 bits per heavy atom. The number of piperazine rings is 1. The predicted octanol–water partition coefficient (Wildman–Crippen LogP) is 1.44. The van der Waals surface area contributed by atoms with Crippen LogP contribution in [0.5, 0.6) is 5.75 Å². The van der Waals surface area contributed by atoms with E-state index in [0.29, 0.717) is 6.54 Å². The number of benzene rings is 1. The quantitative estimate of drug-likeness (QED) is 0.917. The van der Waals surface area contributed by atoms with Gasteiger partial charge in [-0.15, -0.1) is 0 Å². The SMILES string of the molecule is COc1ccc(F)cc1C[NH+]1CCN(C(=O)c2ccsc2)CC1. The molecule has 1 fully saturated rings. The molecule has 1 saturated heterocycles. The molecule has 2 aromatic rings. The van der Waals surface area contributed by atoms with E-state index >= 15 is 0 Å². The molecule has 0 spiro atoms. The second kappa shape index (κ2) is 7.10. The summed E-state index contributed by atoms with van der Waals surface area (Å²) < 4.78 is 18.8. The smallest absolute Gasteiger partial charge is 0.255 e. The second-order valence-corrected chi connectivity index (χ2v) is 6.47. The average molecular weight is 335 g/mol. The van der Waals surface area contributed by atoms with Gasteiger partial charge < -0.3 is 14.5 Å². The molecule has 4 nitrogen and oxygen atoms in total. The van der Waals surface area contributed by atoms with Crippen LogP contribution in [0.15, 0.2) is 35.0 Å². The zero-order chi connectivity index (χ0) is 16.2. The van der Waals surface area contributed by atoms with Crippen molar-refractivity contribution >= 4 is 17.2 Å². The van der Waals surface area contributed by atoms with Crippen molar-refractivity contribution in [2.45, 2.75) is 6.54 Å². The third-order valence-corrected chi connectivity index (χ3v) is 4.89. The van der Waals surface area contributed by atoms with Crippen molar-refractivity contribution in [3.8, 4) is 5.75 Å². The Morgan fingerprint density at radius 2 is 2.13 bits per heavy atom. The highest BCUT2D eigenvalue weighted by Crippen LogP contribution is 2.18. The molecule has 0 bridgehead atoms. The molecular formula is C17H20FN2O2S+. The Hall–Kier alpha value is -1.92. The number of hydrogen-bond donors (Lipinski definition) is 1.